The van der Waals surface area contributed by atoms with Gasteiger partial charge in [0.05, 0.1) is 23.7 Å². The molecule has 2 aromatic rings. The summed E-state index contributed by atoms with van der Waals surface area (Å²) in [4.78, 5) is 33.4. The smallest absolute Gasteiger partial charge is 0.332 e. The summed E-state index contributed by atoms with van der Waals surface area (Å²) in [6.45, 7) is 13.2. The minimum atomic E-state index is -1.73. The molecule has 1 atom stereocenters. The van der Waals surface area contributed by atoms with Gasteiger partial charge >= 0.3 is 11.9 Å². The highest BCUT2D eigenvalue weighted by Gasteiger charge is 2.36. The van der Waals surface area contributed by atoms with Crippen LogP contribution in [0.4, 0.5) is 17.6 Å². The number of halogens is 4. The zero-order valence-corrected chi connectivity index (χ0v) is 23.8. The van der Waals surface area contributed by atoms with Crippen molar-refractivity contribution in [2.24, 2.45) is 5.41 Å². The van der Waals surface area contributed by atoms with Gasteiger partial charge in [0.25, 0.3) is 0 Å². The number of nitrogens with zero attached hydrogens (tertiary/aromatic N) is 2. The summed E-state index contributed by atoms with van der Waals surface area (Å²) in [5, 5.41) is 0. The molecule has 0 aliphatic carbocycles. The quantitative estimate of drug-likeness (QED) is 0.222. The Hall–Kier alpha value is -3.08. The van der Waals surface area contributed by atoms with E-state index in [9.17, 15) is 27.2 Å². The van der Waals surface area contributed by atoms with Crippen LogP contribution in [0.3, 0.4) is 0 Å². The van der Waals surface area contributed by atoms with Crippen LogP contribution < -0.4 is 0 Å². The molecule has 0 saturated heterocycles. The van der Waals surface area contributed by atoms with E-state index in [-0.39, 0.29) is 5.41 Å². The van der Waals surface area contributed by atoms with Crippen molar-refractivity contribution in [1.29, 1.82) is 0 Å². The summed E-state index contributed by atoms with van der Waals surface area (Å²) >= 11 is 0. The van der Waals surface area contributed by atoms with Crippen molar-refractivity contribution >= 4 is 11.9 Å². The van der Waals surface area contributed by atoms with E-state index in [1.807, 2.05) is 20.8 Å². The molecule has 0 fully saturated rings. The molecule has 0 aliphatic heterocycles. The lowest BCUT2D eigenvalue weighted by atomic mass is 9.77. The summed E-state index contributed by atoms with van der Waals surface area (Å²) in [5.41, 5.74) is -3.59. The lowest BCUT2D eigenvalue weighted by Gasteiger charge is -2.29. The van der Waals surface area contributed by atoms with Crippen LogP contribution in [-0.4, -0.2) is 34.1 Å². The summed E-state index contributed by atoms with van der Waals surface area (Å²) in [7, 11) is 0. The second-order valence-electron chi connectivity index (χ2n) is 12.3. The topological polar surface area (TPSA) is 87.6 Å². The van der Waals surface area contributed by atoms with Crippen LogP contribution in [0.15, 0.2) is 12.4 Å². The van der Waals surface area contributed by atoms with Crippen LogP contribution in [0.5, 0.6) is 0 Å². The predicted octanol–water partition coefficient (Wildman–Crippen LogP) is 6.06. The van der Waals surface area contributed by atoms with Crippen molar-refractivity contribution in [3.63, 3.8) is 0 Å². The number of hydrogen-bond donors (Lipinski definition) is 0. The lowest BCUT2D eigenvalue weighted by molar-refractivity contribution is -0.160. The Kier molecular flexibility index (Phi) is 9.87. The standard InChI is InChI=1S/C28H36F4N2O5/c1-26(2,3)19(15-10-33-25(34-11-15)27(4,5)6)24(36)38-13-17-22(31)20(29)16(21(30)23(17)32)12-37-14-18(35)39-28(7,8)9/h10-11,19H,12-14H2,1-9H3. The second kappa shape index (κ2) is 12.0. The van der Waals surface area contributed by atoms with Crippen molar-refractivity contribution in [2.45, 2.75) is 92.5 Å². The van der Waals surface area contributed by atoms with Gasteiger partial charge in [-0.25, -0.2) is 32.3 Å². The SMILES string of the molecule is CC(C)(C)OC(=O)COCc1c(F)c(F)c(COC(=O)C(c2cnc(C(C)(C)C)nc2)C(C)(C)C)c(F)c1F. The minimum absolute atomic E-state index is 0.327. The van der Waals surface area contributed by atoms with Crippen molar-refractivity contribution in [1.82, 2.24) is 9.97 Å². The number of hydrogen-bond acceptors (Lipinski definition) is 7. The molecule has 0 radical (unpaired) electrons. The van der Waals surface area contributed by atoms with Crippen molar-refractivity contribution < 1.29 is 41.4 Å². The molecular weight excluding hydrogens is 520 g/mol. The summed E-state index contributed by atoms with van der Waals surface area (Å²) in [6.07, 6.45) is 2.97. The third kappa shape index (κ3) is 8.45. The molecule has 1 aromatic carbocycles. The number of carbonyl (C=O) groups excluding carboxylic acids is 2. The van der Waals surface area contributed by atoms with E-state index >= 15 is 0 Å². The number of carbonyl (C=O) groups is 2. The van der Waals surface area contributed by atoms with E-state index in [0.29, 0.717) is 11.4 Å². The zero-order valence-electron chi connectivity index (χ0n) is 23.8. The molecule has 7 nitrogen and oxygen atoms in total. The van der Waals surface area contributed by atoms with E-state index < -0.39 is 83.1 Å². The van der Waals surface area contributed by atoms with E-state index in [1.165, 1.54) is 12.4 Å². The average molecular weight is 557 g/mol. The fraction of sp³-hybridized carbons (Fsp3) is 0.571. The number of aromatic nitrogens is 2. The van der Waals surface area contributed by atoms with Crippen molar-refractivity contribution in [3.8, 4) is 0 Å². The van der Waals surface area contributed by atoms with Gasteiger partial charge in [0.2, 0.25) is 0 Å². The fourth-order valence-electron chi connectivity index (χ4n) is 3.67. The summed E-state index contributed by atoms with van der Waals surface area (Å²) < 4.78 is 73.8. The maximum atomic E-state index is 14.7. The molecule has 0 bridgehead atoms. The summed E-state index contributed by atoms with van der Waals surface area (Å²) in [5.74, 6) is -8.99. The number of benzene rings is 1. The lowest BCUT2D eigenvalue weighted by Crippen LogP contribution is -2.29. The molecule has 1 aromatic heterocycles. The Morgan fingerprint density at radius 2 is 1.26 bits per heavy atom. The highest BCUT2D eigenvalue weighted by Crippen LogP contribution is 2.36. The van der Waals surface area contributed by atoms with Gasteiger partial charge in [-0.15, -0.1) is 0 Å². The van der Waals surface area contributed by atoms with Gasteiger partial charge in [0.1, 0.15) is 24.6 Å². The molecule has 39 heavy (non-hydrogen) atoms. The van der Waals surface area contributed by atoms with Gasteiger partial charge in [0.15, 0.2) is 23.3 Å². The molecule has 0 aliphatic rings. The van der Waals surface area contributed by atoms with Gasteiger partial charge < -0.3 is 14.2 Å². The molecule has 1 unspecified atom stereocenters. The first-order valence-electron chi connectivity index (χ1n) is 12.4. The molecular formula is C28H36F4N2O5. The van der Waals surface area contributed by atoms with E-state index in [2.05, 4.69) is 9.97 Å². The second-order valence-corrected chi connectivity index (χ2v) is 12.3. The van der Waals surface area contributed by atoms with E-state index in [1.54, 1.807) is 41.5 Å². The van der Waals surface area contributed by atoms with E-state index in [0.717, 1.165) is 0 Å². The monoisotopic (exact) mass is 556 g/mol. The Morgan fingerprint density at radius 3 is 1.67 bits per heavy atom. The molecule has 0 N–H and O–H groups in total. The molecule has 2 rings (SSSR count). The Morgan fingerprint density at radius 1 is 0.795 bits per heavy atom. The van der Waals surface area contributed by atoms with Crippen molar-refractivity contribution in [2.75, 3.05) is 6.61 Å². The molecule has 216 valence electrons. The highest BCUT2D eigenvalue weighted by molar-refractivity contribution is 5.79. The van der Waals surface area contributed by atoms with Gasteiger partial charge in [-0.3, -0.25) is 4.79 Å². The van der Waals surface area contributed by atoms with Crippen LogP contribution >= 0.6 is 0 Å². The normalized spacial score (nSPS) is 13.3. The van der Waals surface area contributed by atoms with Gasteiger partial charge in [0, 0.05) is 23.4 Å². The maximum Gasteiger partial charge on any atom is 0.332 e. The van der Waals surface area contributed by atoms with Gasteiger partial charge in [-0.2, -0.15) is 0 Å². The first-order valence-corrected chi connectivity index (χ1v) is 12.4. The Bertz CT molecular complexity index is 1170. The fourth-order valence-corrected chi connectivity index (χ4v) is 3.67. The van der Waals surface area contributed by atoms with Crippen LogP contribution in [0, 0.1) is 28.7 Å². The van der Waals surface area contributed by atoms with Gasteiger partial charge in [-0.05, 0) is 26.2 Å². The summed E-state index contributed by atoms with van der Waals surface area (Å²) in [6, 6.07) is 0. The Balaban J connectivity index is 2.22. The molecule has 0 amide bonds. The third-order valence-electron chi connectivity index (χ3n) is 5.47. The molecule has 1 heterocycles. The predicted molar refractivity (Wildman–Crippen MR) is 134 cm³/mol. The highest BCUT2D eigenvalue weighted by atomic mass is 19.2. The van der Waals surface area contributed by atoms with Crippen LogP contribution in [0.25, 0.3) is 0 Å². The molecule has 0 saturated carbocycles. The first kappa shape index (κ1) is 32.1. The first-order chi connectivity index (χ1) is 17.7. The molecule has 11 heteroatoms. The maximum absolute atomic E-state index is 14.7. The largest absolute Gasteiger partial charge is 0.460 e. The average Bonchev–Trinajstić information content (AvgIpc) is 2.77. The number of ether oxygens (including phenoxy) is 3. The minimum Gasteiger partial charge on any atom is -0.460 e. The number of esters is 2. The van der Waals surface area contributed by atoms with Crippen LogP contribution in [0.1, 0.15) is 90.7 Å². The van der Waals surface area contributed by atoms with Crippen LogP contribution in [0.2, 0.25) is 0 Å². The van der Waals surface area contributed by atoms with Crippen molar-refractivity contribution in [3.05, 3.63) is 58.2 Å². The zero-order chi connectivity index (χ0) is 29.9. The van der Waals surface area contributed by atoms with Crippen LogP contribution in [-0.2, 0) is 42.4 Å². The Labute approximate surface area is 226 Å². The van der Waals surface area contributed by atoms with Gasteiger partial charge in [-0.1, -0.05) is 41.5 Å². The number of rotatable bonds is 8. The third-order valence-corrected chi connectivity index (χ3v) is 5.47. The molecule has 0 spiro atoms. The van der Waals surface area contributed by atoms with E-state index in [4.69, 9.17) is 14.2 Å².